The largest absolute Gasteiger partial charge is 0.465 e. The number of aryl methyl sites for hydroxylation is 1. The molecular weight excluding hydrogens is 236 g/mol. The van der Waals surface area contributed by atoms with Crippen molar-refractivity contribution in [3.05, 3.63) is 28.3 Å². The number of rotatable bonds is 1. The minimum atomic E-state index is -0.463. The van der Waals surface area contributed by atoms with Crippen LogP contribution in [0.15, 0.2) is 11.0 Å². The van der Waals surface area contributed by atoms with Crippen LogP contribution in [0.2, 0.25) is 0 Å². The van der Waals surface area contributed by atoms with Crippen molar-refractivity contribution in [3.8, 4) is 0 Å². The maximum atomic E-state index is 11.7. The van der Waals surface area contributed by atoms with Gasteiger partial charge in [-0.15, -0.1) is 11.8 Å². The number of esters is 1. The van der Waals surface area contributed by atoms with Crippen LogP contribution in [0.25, 0.3) is 0 Å². The van der Waals surface area contributed by atoms with Gasteiger partial charge in [0.1, 0.15) is 0 Å². The van der Waals surface area contributed by atoms with E-state index < -0.39 is 6.10 Å². The highest BCUT2D eigenvalue weighted by Gasteiger charge is 2.25. The van der Waals surface area contributed by atoms with Crippen molar-refractivity contribution in [2.75, 3.05) is 12.9 Å². The lowest BCUT2D eigenvalue weighted by atomic mass is 9.94. The number of aliphatic hydroxyl groups excluding tert-OH is 1. The first-order valence-corrected chi connectivity index (χ1v) is 6.58. The van der Waals surface area contributed by atoms with Crippen molar-refractivity contribution in [2.24, 2.45) is 0 Å². The Bertz CT molecular complexity index is 468. The molecule has 0 fully saturated rings. The maximum Gasteiger partial charge on any atom is 0.338 e. The van der Waals surface area contributed by atoms with E-state index in [1.807, 2.05) is 19.9 Å². The van der Waals surface area contributed by atoms with Crippen molar-refractivity contribution >= 4 is 17.7 Å². The molecule has 3 nitrogen and oxygen atoms in total. The second-order valence-corrected chi connectivity index (χ2v) is 5.36. The number of hydrogen-bond acceptors (Lipinski definition) is 4. The van der Waals surface area contributed by atoms with Gasteiger partial charge in [-0.2, -0.15) is 0 Å². The molecule has 1 heterocycles. The number of aliphatic hydroxyl groups is 1. The zero-order chi connectivity index (χ0) is 12.6. The monoisotopic (exact) mass is 252 g/mol. The summed E-state index contributed by atoms with van der Waals surface area (Å²) in [4.78, 5) is 12.8. The first kappa shape index (κ1) is 12.5. The van der Waals surface area contributed by atoms with Crippen LogP contribution in [0.4, 0.5) is 0 Å². The molecule has 0 aromatic heterocycles. The van der Waals surface area contributed by atoms with E-state index in [4.69, 9.17) is 4.74 Å². The zero-order valence-corrected chi connectivity index (χ0v) is 11.1. The van der Waals surface area contributed by atoms with Crippen molar-refractivity contribution < 1.29 is 14.6 Å². The third-order valence-corrected chi connectivity index (χ3v) is 4.42. The Morgan fingerprint density at radius 3 is 2.88 bits per heavy atom. The number of carbonyl (C=O) groups is 1. The predicted octanol–water partition coefficient (Wildman–Crippen LogP) is 2.62. The molecule has 1 N–H and O–H groups in total. The van der Waals surface area contributed by atoms with Gasteiger partial charge in [-0.05, 0) is 43.0 Å². The van der Waals surface area contributed by atoms with Gasteiger partial charge in [0, 0.05) is 10.6 Å². The predicted molar refractivity (Wildman–Crippen MR) is 67.6 cm³/mol. The smallest absolute Gasteiger partial charge is 0.338 e. The van der Waals surface area contributed by atoms with E-state index in [2.05, 4.69) is 0 Å². The second-order valence-electron chi connectivity index (χ2n) is 4.25. The molecule has 1 unspecified atom stereocenters. The van der Waals surface area contributed by atoms with Gasteiger partial charge in [-0.1, -0.05) is 0 Å². The Labute approximate surface area is 105 Å². The van der Waals surface area contributed by atoms with Gasteiger partial charge in [0.25, 0.3) is 0 Å². The molecule has 0 aliphatic carbocycles. The van der Waals surface area contributed by atoms with Crippen LogP contribution in [0.1, 0.15) is 39.6 Å². The number of fused-ring (bicyclic) bond motifs is 1. The summed E-state index contributed by atoms with van der Waals surface area (Å²) in [6, 6.07) is 1.85. The summed E-state index contributed by atoms with van der Waals surface area (Å²) in [7, 11) is 1.38. The van der Waals surface area contributed by atoms with E-state index in [0.717, 1.165) is 33.8 Å². The number of hydrogen-bond donors (Lipinski definition) is 1. The van der Waals surface area contributed by atoms with Crippen LogP contribution in [0.5, 0.6) is 0 Å². The number of carbonyl (C=O) groups excluding carboxylic acids is 1. The summed E-state index contributed by atoms with van der Waals surface area (Å²) < 4.78 is 4.77. The number of ether oxygens (including phenoxy) is 1. The molecule has 0 spiro atoms. The second kappa shape index (κ2) is 4.70. The van der Waals surface area contributed by atoms with Crippen molar-refractivity contribution in [1.29, 1.82) is 0 Å². The van der Waals surface area contributed by atoms with E-state index in [-0.39, 0.29) is 5.97 Å². The van der Waals surface area contributed by atoms with Crippen LogP contribution in [-0.4, -0.2) is 23.9 Å². The standard InChI is InChI=1S/C13H16O3S/c1-7-6-9(13(15)16-3)8(2)11-10(14)4-5-17-12(7)11/h6,10,14H,4-5H2,1-3H3. The first-order chi connectivity index (χ1) is 8.06. The SMILES string of the molecule is COC(=O)c1cc(C)c2c(c1C)C(O)CCS2. The van der Waals surface area contributed by atoms with Crippen LogP contribution in [0.3, 0.4) is 0 Å². The van der Waals surface area contributed by atoms with Crippen LogP contribution >= 0.6 is 11.8 Å². The van der Waals surface area contributed by atoms with Gasteiger partial charge in [-0.3, -0.25) is 0 Å². The Kier molecular flexibility index (Phi) is 3.45. The minimum absolute atomic E-state index is 0.337. The Morgan fingerprint density at radius 1 is 1.53 bits per heavy atom. The molecule has 17 heavy (non-hydrogen) atoms. The fraction of sp³-hybridized carbons (Fsp3) is 0.462. The molecule has 0 saturated heterocycles. The van der Waals surface area contributed by atoms with Crippen molar-refractivity contribution in [3.63, 3.8) is 0 Å². The van der Waals surface area contributed by atoms with Gasteiger partial charge in [0.05, 0.1) is 18.8 Å². The van der Waals surface area contributed by atoms with E-state index in [1.165, 1.54) is 7.11 Å². The lowest BCUT2D eigenvalue weighted by molar-refractivity contribution is 0.0599. The van der Waals surface area contributed by atoms with Crippen LogP contribution < -0.4 is 0 Å². The van der Waals surface area contributed by atoms with Gasteiger partial charge < -0.3 is 9.84 Å². The molecular formula is C13H16O3S. The molecule has 0 amide bonds. The summed E-state index contributed by atoms with van der Waals surface area (Å²) in [6.07, 6.45) is 0.275. The molecule has 1 atom stereocenters. The highest BCUT2D eigenvalue weighted by atomic mass is 32.2. The topological polar surface area (TPSA) is 46.5 Å². The average molecular weight is 252 g/mol. The van der Waals surface area contributed by atoms with E-state index in [1.54, 1.807) is 11.8 Å². The summed E-state index contributed by atoms with van der Waals surface area (Å²) in [5, 5.41) is 10.1. The maximum absolute atomic E-state index is 11.7. The molecule has 0 saturated carbocycles. The third-order valence-electron chi connectivity index (χ3n) is 3.15. The summed E-state index contributed by atoms with van der Waals surface area (Å²) in [5.41, 5.74) is 3.35. The van der Waals surface area contributed by atoms with Gasteiger partial charge in [-0.25, -0.2) is 4.79 Å². The third kappa shape index (κ3) is 2.07. The number of methoxy groups -OCH3 is 1. The molecule has 1 aromatic rings. The van der Waals surface area contributed by atoms with Gasteiger partial charge in [0.15, 0.2) is 0 Å². The van der Waals surface area contributed by atoms with E-state index in [9.17, 15) is 9.90 Å². The minimum Gasteiger partial charge on any atom is -0.465 e. The molecule has 1 aliphatic heterocycles. The lowest BCUT2D eigenvalue weighted by Gasteiger charge is -2.25. The molecule has 2 rings (SSSR count). The lowest BCUT2D eigenvalue weighted by Crippen LogP contribution is -2.14. The Balaban J connectivity index is 2.64. The van der Waals surface area contributed by atoms with E-state index in [0.29, 0.717) is 5.56 Å². The Hall–Kier alpha value is -1.00. The molecule has 0 radical (unpaired) electrons. The summed E-state index contributed by atoms with van der Waals surface area (Å²) in [6.45, 7) is 3.84. The molecule has 4 heteroatoms. The first-order valence-electron chi connectivity index (χ1n) is 5.59. The zero-order valence-electron chi connectivity index (χ0n) is 10.2. The van der Waals surface area contributed by atoms with E-state index >= 15 is 0 Å². The molecule has 1 aromatic carbocycles. The van der Waals surface area contributed by atoms with Crippen LogP contribution in [-0.2, 0) is 4.74 Å². The molecule has 0 bridgehead atoms. The highest BCUT2D eigenvalue weighted by molar-refractivity contribution is 7.99. The van der Waals surface area contributed by atoms with Gasteiger partial charge in [0.2, 0.25) is 0 Å². The quantitative estimate of drug-likeness (QED) is 0.780. The van der Waals surface area contributed by atoms with Crippen molar-refractivity contribution in [1.82, 2.24) is 0 Å². The van der Waals surface area contributed by atoms with Crippen LogP contribution in [0, 0.1) is 13.8 Å². The molecule has 92 valence electrons. The average Bonchev–Trinajstić information content (AvgIpc) is 2.32. The highest BCUT2D eigenvalue weighted by Crippen LogP contribution is 2.41. The van der Waals surface area contributed by atoms with Gasteiger partial charge >= 0.3 is 5.97 Å². The molecule has 1 aliphatic rings. The summed E-state index contributed by atoms with van der Waals surface area (Å²) in [5.74, 6) is 0.586. The number of thioether (sulfide) groups is 1. The summed E-state index contributed by atoms with van der Waals surface area (Å²) >= 11 is 1.75. The van der Waals surface area contributed by atoms with Crippen molar-refractivity contribution in [2.45, 2.75) is 31.3 Å². The number of benzene rings is 1. The fourth-order valence-corrected chi connectivity index (χ4v) is 3.53. The fourth-order valence-electron chi connectivity index (χ4n) is 2.25. The Morgan fingerprint density at radius 2 is 2.24 bits per heavy atom. The normalized spacial score (nSPS) is 18.7.